The quantitative estimate of drug-likeness (QED) is 0.281. The highest BCUT2D eigenvalue weighted by molar-refractivity contribution is 14.1. The van der Waals surface area contributed by atoms with Crippen LogP contribution in [0, 0.1) is 9.39 Å². The van der Waals surface area contributed by atoms with Gasteiger partial charge in [0.25, 0.3) is 0 Å². The van der Waals surface area contributed by atoms with E-state index in [1.807, 2.05) is 24.3 Å². The van der Waals surface area contributed by atoms with E-state index in [4.69, 9.17) is 11.6 Å². The van der Waals surface area contributed by atoms with Crippen molar-refractivity contribution in [2.45, 2.75) is 56.5 Å². The van der Waals surface area contributed by atoms with Crippen molar-refractivity contribution < 1.29 is 12.8 Å². The Morgan fingerprint density at radius 2 is 1.87 bits per heavy atom. The predicted molar refractivity (Wildman–Crippen MR) is 161 cm³/mol. The largest absolute Gasteiger partial charge is 0.324 e. The number of nitrogens with zero attached hydrogens (tertiary/aromatic N) is 3. The maximum atomic E-state index is 15.0. The van der Waals surface area contributed by atoms with Crippen molar-refractivity contribution in [2.24, 2.45) is 0 Å². The van der Waals surface area contributed by atoms with Crippen molar-refractivity contribution in [3.8, 4) is 0 Å². The molecular formula is C28H33ClFIN4O2S. The molecule has 38 heavy (non-hydrogen) atoms. The minimum Gasteiger partial charge on any atom is -0.324 e. The van der Waals surface area contributed by atoms with Crippen molar-refractivity contribution in [3.63, 3.8) is 0 Å². The number of hydrogen-bond acceptors (Lipinski definition) is 6. The zero-order valence-corrected chi connectivity index (χ0v) is 25.8. The lowest BCUT2D eigenvalue weighted by Gasteiger charge is -2.29. The van der Waals surface area contributed by atoms with Crippen LogP contribution in [-0.4, -0.2) is 48.2 Å². The van der Waals surface area contributed by atoms with Crippen LogP contribution < -0.4 is 5.32 Å². The minimum absolute atomic E-state index is 0.129. The third kappa shape index (κ3) is 7.03. The smallest absolute Gasteiger partial charge is 0.227 e. The van der Waals surface area contributed by atoms with Crippen LogP contribution in [0.2, 0.25) is 5.02 Å². The van der Waals surface area contributed by atoms with Gasteiger partial charge >= 0.3 is 0 Å². The second-order valence-corrected chi connectivity index (χ2v) is 15.2. The monoisotopic (exact) mass is 670 g/mol. The maximum absolute atomic E-state index is 15.0. The van der Waals surface area contributed by atoms with Crippen molar-refractivity contribution in [3.05, 3.63) is 79.4 Å². The summed E-state index contributed by atoms with van der Waals surface area (Å²) < 4.78 is 40.5. The molecule has 0 radical (unpaired) electrons. The van der Waals surface area contributed by atoms with Gasteiger partial charge in [-0.05, 0) is 117 Å². The van der Waals surface area contributed by atoms with E-state index in [9.17, 15) is 12.8 Å². The lowest BCUT2D eigenvalue weighted by Crippen LogP contribution is -2.29. The van der Waals surface area contributed by atoms with Crippen molar-refractivity contribution in [1.82, 2.24) is 14.9 Å². The molecule has 204 valence electrons. The number of rotatable bonds is 7. The Bertz CT molecular complexity index is 1420. The Hall–Kier alpha value is -1.82. The molecule has 0 atom stereocenters. The Balaban J connectivity index is 1.51. The number of likely N-dealkylation sites (tertiary alicyclic amines) is 1. The first-order valence-electron chi connectivity index (χ1n) is 12.6. The van der Waals surface area contributed by atoms with Crippen molar-refractivity contribution in [1.29, 1.82) is 0 Å². The molecular weight excluding hydrogens is 638 g/mol. The SMILES string of the molecule is CN1CCC(c2ccc(Nc3ncc(I)c(Cc4ccc(Cl)c(CS(=O)(=O)C(C)(C)C)c4)n3)cc2F)CC1. The maximum Gasteiger partial charge on any atom is 0.227 e. The van der Waals surface area contributed by atoms with E-state index >= 15 is 0 Å². The van der Waals surface area contributed by atoms with Crippen LogP contribution in [0.25, 0.3) is 0 Å². The summed E-state index contributed by atoms with van der Waals surface area (Å²) in [6.45, 7) is 7.01. The van der Waals surface area contributed by atoms with Gasteiger partial charge in [-0.3, -0.25) is 0 Å². The van der Waals surface area contributed by atoms with Crippen LogP contribution in [0.15, 0.2) is 42.6 Å². The van der Waals surface area contributed by atoms with Gasteiger partial charge in [0.15, 0.2) is 9.84 Å². The van der Waals surface area contributed by atoms with Crippen LogP contribution in [0.3, 0.4) is 0 Å². The third-order valence-corrected chi connectivity index (χ3v) is 10.8. The molecule has 6 nitrogen and oxygen atoms in total. The van der Waals surface area contributed by atoms with Gasteiger partial charge in [0.2, 0.25) is 5.95 Å². The average Bonchev–Trinajstić information content (AvgIpc) is 2.83. The zero-order valence-electron chi connectivity index (χ0n) is 22.1. The van der Waals surface area contributed by atoms with E-state index in [1.165, 1.54) is 6.07 Å². The molecule has 1 saturated heterocycles. The number of anilines is 2. The number of aromatic nitrogens is 2. The molecule has 10 heteroatoms. The summed E-state index contributed by atoms with van der Waals surface area (Å²) in [6.07, 6.45) is 4.10. The highest BCUT2D eigenvalue weighted by Gasteiger charge is 2.30. The zero-order chi connectivity index (χ0) is 27.7. The van der Waals surface area contributed by atoms with Gasteiger partial charge < -0.3 is 10.2 Å². The standard InChI is InChI=1S/C28H33ClFIN4O2S/c1-28(2,3)38(36,37)17-20-13-18(5-8-23(20)29)14-26-25(31)16-32-27(34-26)33-21-6-7-22(24(30)15-21)19-9-11-35(4)12-10-19/h5-8,13,15-16,19H,9-12,14,17H2,1-4H3,(H,32,33,34). The van der Waals surface area contributed by atoms with E-state index in [2.05, 4.69) is 49.8 Å². The molecule has 4 rings (SSSR count). The third-order valence-electron chi connectivity index (χ3n) is 6.99. The summed E-state index contributed by atoms with van der Waals surface area (Å²) >= 11 is 8.53. The van der Waals surface area contributed by atoms with Crippen LogP contribution in [0.5, 0.6) is 0 Å². The molecule has 0 spiro atoms. The second kappa shape index (κ2) is 11.7. The van der Waals surface area contributed by atoms with Crippen molar-refractivity contribution in [2.75, 3.05) is 25.5 Å². The van der Waals surface area contributed by atoms with Gasteiger partial charge in [-0.1, -0.05) is 29.8 Å². The Morgan fingerprint density at radius 1 is 1.16 bits per heavy atom. The molecule has 1 aliphatic rings. The molecule has 0 amide bonds. The summed E-state index contributed by atoms with van der Waals surface area (Å²) in [7, 11) is -1.29. The highest BCUT2D eigenvalue weighted by atomic mass is 127. The van der Waals surface area contributed by atoms with Crippen LogP contribution in [-0.2, 0) is 22.0 Å². The number of halogens is 3. The number of hydrogen-bond donors (Lipinski definition) is 1. The molecule has 1 fully saturated rings. The number of piperidine rings is 1. The summed E-state index contributed by atoms with van der Waals surface area (Å²) in [6, 6.07) is 10.7. The number of sulfone groups is 1. The predicted octanol–water partition coefficient (Wildman–Crippen LogP) is 6.73. The van der Waals surface area contributed by atoms with E-state index in [-0.39, 0.29) is 17.5 Å². The fourth-order valence-electron chi connectivity index (χ4n) is 4.43. The van der Waals surface area contributed by atoms with Gasteiger partial charge in [0.05, 0.1) is 19.8 Å². The lowest BCUT2D eigenvalue weighted by atomic mass is 9.89. The van der Waals surface area contributed by atoms with E-state index in [0.29, 0.717) is 28.6 Å². The van der Waals surface area contributed by atoms with Crippen LogP contribution >= 0.6 is 34.2 Å². The molecule has 0 aliphatic carbocycles. The summed E-state index contributed by atoms with van der Waals surface area (Å²) in [5, 5.41) is 3.55. The highest BCUT2D eigenvalue weighted by Crippen LogP contribution is 2.31. The number of benzene rings is 2. The molecule has 0 bridgehead atoms. The summed E-state index contributed by atoms with van der Waals surface area (Å²) in [5.41, 5.74) is 3.59. The molecule has 2 heterocycles. The molecule has 0 saturated carbocycles. The van der Waals surface area contributed by atoms with Crippen LogP contribution in [0.1, 0.15) is 61.9 Å². The van der Waals surface area contributed by atoms with Gasteiger partial charge in [0, 0.05) is 23.3 Å². The van der Waals surface area contributed by atoms with Gasteiger partial charge in [-0.2, -0.15) is 0 Å². The molecule has 0 unspecified atom stereocenters. The van der Waals surface area contributed by atoms with Gasteiger partial charge in [-0.15, -0.1) is 0 Å². The number of nitrogens with one attached hydrogen (secondary N) is 1. The molecule has 1 aromatic heterocycles. The topological polar surface area (TPSA) is 75.2 Å². The first-order valence-corrected chi connectivity index (χ1v) is 15.7. The minimum atomic E-state index is -3.38. The normalized spacial score (nSPS) is 15.6. The molecule has 3 aromatic rings. The molecule has 1 aliphatic heterocycles. The Morgan fingerprint density at radius 3 is 2.53 bits per heavy atom. The first kappa shape index (κ1) is 29.2. The summed E-state index contributed by atoms with van der Waals surface area (Å²) in [4.78, 5) is 11.3. The van der Waals surface area contributed by atoms with E-state index in [1.54, 1.807) is 33.0 Å². The molecule has 2 aromatic carbocycles. The Kier molecular flexibility index (Phi) is 9.01. The fraction of sp³-hybridized carbons (Fsp3) is 0.429. The summed E-state index contributed by atoms with van der Waals surface area (Å²) in [5.74, 6) is 0.269. The van der Waals surface area contributed by atoms with E-state index < -0.39 is 14.6 Å². The Labute approximate surface area is 243 Å². The van der Waals surface area contributed by atoms with Crippen molar-refractivity contribution >= 4 is 55.7 Å². The van der Waals surface area contributed by atoms with Gasteiger partial charge in [0.1, 0.15) is 5.82 Å². The fourth-order valence-corrected chi connectivity index (χ4v) is 6.23. The lowest BCUT2D eigenvalue weighted by molar-refractivity contribution is 0.253. The van der Waals surface area contributed by atoms with Crippen LogP contribution in [0.4, 0.5) is 16.0 Å². The second-order valence-electron chi connectivity index (χ2n) is 10.9. The van der Waals surface area contributed by atoms with E-state index in [0.717, 1.165) is 46.3 Å². The first-order chi connectivity index (χ1) is 17.8. The molecule has 1 N–H and O–H groups in total. The average molecular weight is 671 g/mol. The van der Waals surface area contributed by atoms with Gasteiger partial charge in [-0.25, -0.2) is 22.8 Å².